The smallest absolute Gasteiger partial charge is 0.262 e. The molecule has 0 radical (unpaired) electrons. The Morgan fingerprint density at radius 1 is 1.17 bits per heavy atom. The summed E-state index contributed by atoms with van der Waals surface area (Å²) in [4.78, 5) is 21.9. The van der Waals surface area contributed by atoms with Gasteiger partial charge in [0.2, 0.25) is 10.0 Å². The van der Waals surface area contributed by atoms with Gasteiger partial charge in [0.25, 0.3) is 5.91 Å². The number of rotatable bonds is 5. The number of nitriles is 1. The van der Waals surface area contributed by atoms with Crippen LogP contribution in [0.4, 0.5) is 5.82 Å². The Morgan fingerprint density at radius 2 is 1.94 bits per heavy atom. The molecule has 0 spiro atoms. The van der Waals surface area contributed by atoms with Gasteiger partial charge in [-0.1, -0.05) is 6.07 Å². The Balaban J connectivity index is 1.46. The summed E-state index contributed by atoms with van der Waals surface area (Å²) in [6.45, 7) is 2.76. The number of anilines is 1. The van der Waals surface area contributed by atoms with Crippen LogP contribution >= 0.6 is 0 Å². The zero-order chi connectivity index (χ0) is 25.4. The molecule has 1 saturated heterocycles. The zero-order valence-electron chi connectivity index (χ0n) is 19.7. The van der Waals surface area contributed by atoms with Gasteiger partial charge in [-0.3, -0.25) is 4.79 Å². The first-order valence-corrected chi connectivity index (χ1v) is 13.1. The summed E-state index contributed by atoms with van der Waals surface area (Å²) in [6, 6.07) is 7.51. The number of piperidine rings is 1. The van der Waals surface area contributed by atoms with Crippen LogP contribution in [0, 0.1) is 18.3 Å². The van der Waals surface area contributed by atoms with Crippen LogP contribution < -0.4 is 5.32 Å². The van der Waals surface area contributed by atoms with E-state index in [1.807, 2.05) is 25.1 Å². The molecule has 1 amide bonds. The van der Waals surface area contributed by atoms with Crippen molar-refractivity contribution >= 4 is 27.4 Å². The summed E-state index contributed by atoms with van der Waals surface area (Å²) >= 11 is 0. The number of aromatic nitrogens is 6. The lowest BCUT2D eigenvalue weighted by Crippen LogP contribution is -2.37. The van der Waals surface area contributed by atoms with E-state index in [0.29, 0.717) is 48.8 Å². The molecular weight excluding hydrogens is 482 g/mol. The molecule has 0 saturated carbocycles. The Hall–Kier alpha value is -4.15. The number of nitrogens with zero attached hydrogens (tertiary/aromatic N) is 8. The number of pyridine rings is 1. The normalized spacial score (nSPS) is 15.1. The van der Waals surface area contributed by atoms with Crippen LogP contribution in [0.1, 0.15) is 45.9 Å². The molecule has 36 heavy (non-hydrogen) atoms. The first-order chi connectivity index (χ1) is 17.2. The quantitative estimate of drug-likeness (QED) is 0.432. The van der Waals surface area contributed by atoms with Crippen molar-refractivity contribution in [1.29, 1.82) is 5.26 Å². The molecule has 0 unspecified atom stereocenters. The second kappa shape index (κ2) is 9.14. The molecule has 184 valence electrons. The first kappa shape index (κ1) is 23.6. The van der Waals surface area contributed by atoms with Gasteiger partial charge in [0, 0.05) is 37.5 Å². The molecule has 0 aromatic carbocycles. The summed E-state index contributed by atoms with van der Waals surface area (Å²) < 4.78 is 28.2. The highest BCUT2D eigenvalue weighted by Crippen LogP contribution is 2.31. The topological polar surface area (TPSA) is 151 Å². The number of amides is 1. The fourth-order valence-corrected chi connectivity index (χ4v) is 5.08. The van der Waals surface area contributed by atoms with E-state index in [1.165, 1.54) is 33.7 Å². The summed E-state index contributed by atoms with van der Waals surface area (Å²) in [5.41, 5.74) is 2.62. The van der Waals surface area contributed by atoms with E-state index in [-0.39, 0.29) is 11.5 Å². The Morgan fingerprint density at radius 3 is 2.61 bits per heavy atom. The van der Waals surface area contributed by atoms with Crippen molar-refractivity contribution in [1.82, 2.24) is 33.7 Å². The molecule has 0 aliphatic carbocycles. The molecule has 4 aromatic heterocycles. The zero-order valence-corrected chi connectivity index (χ0v) is 20.5. The van der Waals surface area contributed by atoms with Crippen molar-refractivity contribution in [3.63, 3.8) is 0 Å². The van der Waals surface area contributed by atoms with E-state index in [2.05, 4.69) is 20.4 Å². The lowest BCUT2D eigenvalue weighted by Gasteiger charge is -2.29. The molecule has 5 rings (SSSR count). The third-order valence-corrected chi connectivity index (χ3v) is 7.46. The molecule has 13 heteroatoms. The van der Waals surface area contributed by atoms with Crippen molar-refractivity contribution in [2.45, 2.75) is 25.7 Å². The average Bonchev–Trinajstić information content (AvgIpc) is 3.48. The number of aryl methyl sites for hydroxylation is 1. The van der Waals surface area contributed by atoms with Gasteiger partial charge in [0.1, 0.15) is 17.5 Å². The predicted octanol–water partition coefficient (Wildman–Crippen LogP) is 1.88. The van der Waals surface area contributed by atoms with Crippen LogP contribution in [-0.2, 0) is 10.0 Å². The van der Waals surface area contributed by atoms with E-state index in [0.717, 1.165) is 11.3 Å². The maximum absolute atomic E-state index is 13.2. The van der Waals surface area contributed by atoms with Gasteiger partial charge < -0.3 is 5.32 Å². The minimum Gasteiger partial charge on any atom is -0.306 e. The number of nitrogens with one attached hydrogen (secondary N) is 1. The van der Waals surface area contributed by atoms with Crippen molar-refractivity contribution in [3.8, 4) is 11.9 Å². The molecule has 12 nitrogen and oxygen atoms in total. The molecule has 1 aliphatic heterocycles. The number of carbonyl (C=O) groups excluding carboxylic acids is 1. The largest absolute Gasteiger partial charge is 0.306 e. The molecule has 0 bridgehead atoms. The van der Waals surface area contributed by atoms with Crippen LogP contribution in [-0.4, -0.2) is 67.3 Å². The number of carbonyl (C=O) groups is 1. The number of hydrogen-bond acceptors (Lipinski definition) is 8. The first-order valence-electron chi connectivity index (χ1n) is 11.3. The van der Waals surface area contributed by atoms with Gasteiger partial charge >= 0.3 is 0 Å². The maximum atomic E-state index is 13.2. The van der Waals surface area contributed by atoms with Gasteiger partial charge in [-0.25, -0.2) is 27.2 Å². The van der Waals surface area contributed by atoms with Gasteiger partial charge in [0.05, 0.1) is 29.9 Å². The Labute approximate surface area is 207 Å². The van der Waals surface area contributed by atoms with Crippen molar-refractivity contribution < 1.29 is 13.2 Å². The van der Waals surface area contributed by atoms with E-state index < -0.39 is 15.9 Å². The molecule has 5 heterocycles. The fourth-order valence-electron chi connectivity index (χ4n) is 4.21. The second-order valence-corrected chi connectivity index (χ2v) is 10.7. The molecule has 0 atom stereocenters. The minimum atomic E-state index is -3.24. The SMILES string of the molecule is Cc1ccc(-n2nc(C3CCN(S(C)(=O)=O)CC3)cc2NC(=O)c2cnn3cc(C#N)cnc23)nc1. The Kier molecular flexibility index (Phi) is 5.99. The van der Waals surface area contributed by atoms with E-state index in [9.17, 15) is 13.2 Å². The van der Waals surface area contributed by atoms with Crippen molar-refractivity contribution in [2.24, 2.45) is 0 Å². The lowest BCUT2D eigenvalue weighted by molar-refractivity contribution is 0.102. The van der Waals surface area contributed by atoms with Gasteiger partial charge in [-0.15, -0.1) is 0 Å². The minimum absolute atomic E-state index is 0.0356. The van der Waals surface area contributed by atoms with Crippen molar-refractivity contribution in [2.75, 3.05) is 24.7 Å². The van der Waals surface area contributed by atoms with Gasteiger partial charge in [-0.05, 0) is 31.4 Å². The van der Waals surface area contributed by atoms with Crippen molar-refractivity contribution in [3.05, 3.63) is 65.4 Å². The highest BCUT2D eigenvalue weighted by atomic mass is 32.2. The average molecular weight is 506 g/mol. The van der Waals surface area contributed by atoms with Crippen LogP contribution in [0.2, 0.25) is 0 Å². The second-order valence-electron chi connectivity index (χ2n) is 8.73. The summed E-state index contributed by atoms with van der Waals surface area (Å²) in [6.07, 6.45) is 8.46. The molecular formula is C23H23N9O3S. The fraction of sp³-hybridized carbons (Fsp3) is 0.304. The Bertz CT molecular complexity index is 1590. The number of sulfonamides is 1. The summed E-state index contributed by atoms with van der Waals surface area (Å²) in [5, 5.41) is 20.8. The highest BCUT2D eigenvalue weighted by Gasteiger charge is 2.28. The van der Waals surface area contributed by atoms with E-state index in [4.69, 9.17) is 10.4 Å². The lowest BCUT2D eigenvalue weighted by atomic mass is 9.95. The molecule has 1 N–H and O–H groups in total. The van der Waals surface area contributed by atoms with E-state index in [1.54, 1.807) is 16.9 Å². The predicted molar refractivity (Wildman–Crippen MR) is 130 cm³/mol. The maximum Gasteiger partial charge on any atom is 0.262 e. The van der Waals surface area contributed by atoms with Crippen LogP contribution in [0.15, 0.2) is 43.0 Å². The van der Waals surface area contributed by atoms with E-state index >= 15 is 0 Å². The third-order valence-electron chi connectivity index (χ3n) is 6.15. The van der Waals surface area contributed by atoms with Gasteiger partial charge in [0.15, 0.2) is 11.5 Å². The third kappa shape index (κ3) is 4.56. The molecule has 4 aromatic rings. The van der Waals surface area contributed by atoms with Crippen LogP contribution in [0.3, 0.4) is 0 Å². The number of hydrogen-bond donors (Lipinski definition) is 1. The standard InChI is InChI=1S/C23H23N9O3S/c1-15-3-4-20(25-11-15)32-21(9-19(29-32)17-5-7-30(8-6-17)36(2,34)35)28-23(33)18-13-27-31-14-16(10-24)12-26-22(18)31/h3-4,9,11-14,17H,5-8H2,1-2H3,(H,28,33). The molecule has 1 aliphatic rings. The molecule has 1 fully saturated rings. The number of fused-ring (bicyclic) bond motifs is 1. The van der Waals surface area contributed by atoms with Gasteiger partial charge in [-0.2, -0.15) is 20.1 Å². The van der Waals surface area contributed by atoms with Crippen LogP contribution in [0.25, 0.3) is 11.5 Å². The van der Waals surface area contributed by atoms with Crippen LogP contribution in [0.5, 0.6) is 0 Å². The monoisotopic (exact) mass is 505 g/mol. The summed E-state index contributed by atoms with van der Waals surface area (Å²) in [5.74, 6) is 0.555. The highest BCUT2D eigenvalue weighted by molar-refractivity contribution is 7.88. The summed E-state index contributed by atoms with van der Waals surface area (Å²) in [7, 11) is -3.24.